The lowest BCUT2D eigenvalue weighted by atomic mass is 10.1. The third-order valence-corrected chi connectivity index (χ3v) is 3.18. The quantitative estimate of drug-likeness (QED) is 0.759. The van der Waals surface area contributed by atoms with Crippen LogP contribution in [0.4, 0.5) is 5.69 Å². The fourth-order valence-corrected chi connectivity index (χ4v) is 2.10. The fourth-order valence-electron chi connectivity index (χ4n) is 2.10. The van der Waals surface area contributed by atoms with Gasteiger partial charge in [0.25, 0.3) is 0 Å². The number of nitrogens with one attached hydrogen (secondary N) is 2. The Labute approximate surface area is 84.7 Å². The number of benzene rings is 1. The first-order chi connectivity index (χ1) is 6.93. The highest BCUT2D eigenvalue weighted by molar-refractivity contribution is 5.57. The smallest absolute Gasteiger partial charge is 0.0516 e. The summed E-state index contributed by atoms with van der Waals surface area (Å²) >= 11 is 0. The summed E-state index contributed by atoms with van der Waals surface area (Å²) in [4.78, 5) is 0. The van der Waals surface area contributed by atoms with Crippen molar-refractivity contribution >= 4 is 5.69 Å². The summed E-state index contributed by atoms with van der Waals surface area (Å²) in [5.74, 6) is 0.961. The average molecular weight is 188 g/mol. The molecule has 1 aromatic carbocycles. The molecule has 3 rings (SSSR count). The molecule has 0 radical (unpaired) electrons. The number of fused-ring (bicyclic) bond motifs is 1. The second-order valence-corrected chi connectivity index (χ2v) is 4.37. The summed E-state index contributed by atoms with van der Waals surface area (Å²) in [6.07, 6.45) is 2.85. The molecule has 2 aliphatic rings. The van der Waals surface area contributed by atoms with Crippen molar-refractivity contribution in [2.45, 2.75) is 18.9 Å². The first-order valence-corrected chi connectivity index (χ1v) is 5.49. The monoisotopic (exact) mass is 188 g/mol. The van der Waals surface area contributed by atoms with Crippen molar-refractivity contribution < 1.29 is 0 Å². The van der Waals surface area contributed by atoms with E-state index in [1.807, 2.05) is 0 Å². The Morgan fingerprint density at radius 3 is 3.00 bits per heavy atom. The normalized spacial score (nSPS) is 24.4. The molecule has 1 aliphatic carbocycles. The second-order valence-electron chi connectivity index (χ2n) is 4.37. The van der Waals surface area contributed by atoms with Crippen LogP contribution < -0.4 is 10.6 Å². The largest absolute Gasteiger partial charge is 0.383 e. The van der Waals surface area contributed by atoms with Crippen LogP contribution in [0.15, 0.2) is 24.3 Å². The van der Waals surface area contributed by atoms with Crippen LogP contribution in [0.25, 0.3) is 0 Å². The maximum atomic E-state index is 3.64. The molecule has 0 spiro atoms. The standard InChI is InChI=1S/C12H16N2/c1-2-4-11-10(3-1)12(8-14-11)13-7-9-5-6-9/h1-4,9,12-14H,5-8H2. The van der Waals surface area contributed by atoms with Crippen LogP contribution in [0.5, 0.6) is 0 Å². The lowest BCUT2D eigenvalue weighted by Crippen LogP contribution is -2.24. The predicted molar refractivity (Wildman–Crippen MR) is 58.4 cm³/mol. The van der Waals surface area contributed by atoms with Gasteiger partial charge in [0, 0.05) is 12.2 Å². The molecule has 1 atom stereocenters. The fraction of sp³-hybridized carbons (Fsp3) is 0.500. The van der Waals surface area contributed by atoms with Gasteiger partial charge in [-0.3, -0.25) is 0 Å². The van der Waals surface area contributed by atoms with Gasteiger partial charge in [-0.2, -0.15) is 0 Å². The molecule has 14 heavy (non-hydrogen) atoms. The number of hydrogen-bond acceptors (Lipinski definition) is 2. The molecule has 0 aromatic heterocycles. The molecule has 2 nitrogen and oxygen atoms in total. The zero-order valence-corrected chi connectivity index (χ0v) is 8.29. The van der Waals surface area contributed by atoms with E-state index in [9.17, 15) is 0 Å². The van der Waals surface area contributed by atoms with Gasteiger partial charge in [-0.15, -0.1) is 0 Å². The highest BCUT2D eigenvalue weighted by Gasteiger charge is 2.25. The molecule has 74 valence electrons. The van der Waals surface area contributed by atoms with Gasteiger partial charge in [-0.1, -0.05) is 18.2 Å². The van der Waals surface area contributed by atoms with E-state index in [2.05, 4.69) is 34.9 Å². The van der Waals surface area contributed by atoms with Crippen LogP contribution in [-0.2, 0) is 0 Å². The summed E-state index contributed by atoms with van der Waals surface area (Å²) in [5, 5.41) is 7.07. The summed E-state index contributed by atoms with van der Waals surface area (Å²) in [6, 6.07) is 9.13. The molecule has 0 saturated heterocycles. The number of para-hydroxylation sites is 1. The third kappa shape index (κ3) is 1.50. The number of rotatable bonds is 3. The predicted octanol–water partition coefficient (Wildman–Crippen LogP) is 2.15. The van der Waals surface area contributed by atoms with Crippen LogP contribution in [0.2, 0.25) is 0 Å². The van der Waals surface area contributed by atoms with Gasteiger partial charge in [0.1, 0.15) is 0 Å². The van der Waals surface area contributed by atoms with Crippen LogP contribution >= 0.6 is 0 Å². The Morgan fingerprint density at radius 2 is 2.14 bits per heavy atom. The van der Waals surface area contributed by atoms with Gasteiger partial charge in [0.05, 0.1) is 6.04 Å². The van der Waals surface area contributed by atoms with E-state index in [0.29, 0.717) is 6.04 Å². The highest BCUT2D eigenvalue weighted by atomic mass is 15.0. The minimum Gasteiger partial charge on any atom is -0.383 e. The van der Waals surface area contributed by atoms with E-state index in [4.69, 9.17) is 0 Å². The van der Waals surface area contributed by atoms with Gasteiger partial charge in [0.2, 0.25) is 0 Å². The van der Waals surface area contributed by atoms with E-state index >= 15 is 0 Å². The Bertz CT molecular complexity index is 331. The van der Waals surface area contributed by atoms with E-state index in [1.54, 1.807) is 0 Å². The highest BCUT2D eigenvalue weighted by Crippen LogP contribution is 2.32. The first kappa shape index (κ1) is 8.30. The zero-order chi connectivity index (χ0) is 9.38. The van der Waals surface area contributed by atoms with E-state index in [1.165, 1.54) is 30.6 Å². The summed E-state index contributed by atoms with van der Waals surface area (Å²) in [5.41, 5.74) is 2.74. The molecule has 1 aromatic rings. The number of hydrogen-bond donors (Lipinski definition) is 2. The number of anilines is 1. The van der Waals surface area contributed by atoms with E-state index in [0.717, 1.165) is 12.5 Å². The van der Waals surface area contributed by atoms with Gasteiger partial charge >= 0.3 is 0 Å². The second kappa shape index (κ2) is 3.28. The molecule has 2 heteroatoms. The summed E-state index contributed by atoms with van der Waals surface area (Å²) in [6.45, 7) is 2.24. The van der Waals surface area contributed by atoms with Crippen LogP contribution in [-0.4, -0.2) is 13.1 Å². The Hall–Kier alpha value is -1.02. The Morgan fingerprint density at radius 1 is 1.29 bits per heavy atom. The van der Waals surface area contributed by atoms with Crippen LogP contribution in [0, 0.1) is 5.92 Å². The van der Waals surface area contributed by atoms with Gasteiger partial charge in [-0.25, -0.2) is 0 Å². The maximum absolute atomic E-state index is 3.64. The molecule has 0 amide bonds. The maximum Gasteiger partial charge on any atom is 0.0516 e. The van der Waals surface area contributed by atoms with Crippen LogP contribution in [0.3, 0.4) is 0 Å². The molecule has 0 bridgehead atoms. The summed E-state index contributed by atoms with van der Waals surface area (Å²) < 4.78 is 0. The Balaban J connectivity index is 1.70. The SMILES string of the molecule is c1ccc2c(c1)NCC2NCC1CC1. The zero-order valence-electron chi connectivity index (χ0n) is 8.29. The molecule has 1 aliphatic heterocycles. The molecule has 1 unspecified atom stereocenters. The van der Waals surface area contributed by atoms with Crippen molar-refractivity contribution in [3.05, 3.63) is 29.8 Å². The average Bonchev–Trinajstić information content (AvgIpc) is 2.96. The lowest BCUT2D eigenvalue weighted by Gasteiger charge is -2.11. The first-order valence-electron chi connectivity index (χ1n) is 5.49. The summed E-state index contributed by atoms with van der Waals surface area (Å²) in [7, 11) is 0. The molecule has 1 heterocycles. The van der Waals surface area contributed by atoms with Gasteiger partial charge < -0.3 is 10.6 Å². The van der Waals surface area contributed by atoms with Crippen molar-refractivity contribution in [1.82, 2.24) is 5.32 Å². The van der Waals surface area contributed by atoms with Crippen molar-refractivity contribution in [3.63, 3.8) is 0 Å². The Kier molecular flexibility index (Phi) is 1.95. The van der Waals surface area contributed by atoms with Crippen molar-refractivity contribution in [2.24, 2.45) is 5.92 Å². The van der Waals surface area contributed by atoms with Crippen molar-refractivity contribution in [2.75, 3.05) is 18.4 Å². The molecule has 2 N–H and O–H groups in total. The van der Waals surface area contributed by atoms with Gasteiger partial charge in [0.15, 0.2) is 0 Å². The van der Waals surface area contributed by atoms with Crippen molar-refractivity contribution in [3.8, 4) is 0 Å². The van der Waals surface area contributed by atoms with Crippen LogP contribution in [0.1, 0.15) is 24.4 Å². The molecular weight excluding hydrogens is 172 g/mol. The lowest BCUT2D eigenvalue weighted by molar-refractivity contribution is 0.547. The van der Waals surface area contributed by atoms with Crippen molar-refractivity contribution in [1.29, 1.82) is 0 Å². The van der Waals surface area contributed by atoms with Gasteiger partial charge in [-0.05, 0) is 36.9 Å². The molecular formula is C12H16N2. The van der Waals surface area contributed by atoms with E-state index < -0.39 is 0 Å². The van der Waals surface area contributed by atoms with E-state index in [-0.39, 0.29) is 0 Å². The molecule has 1 fully saturated rings. The topological polar surface area (TPSA) is 24.1 Å². The minimum atomic E-state index is 0.534. The third-order valence-electron chi connectivity index (χ3n) is 3.18. The molecule has 1 saturated carbocycles. The minimum absolute atomic E-state index is 0.534.